The van der Waals surface area contributed by atoms with E-state index in [0.717, 1.165) is 40.8 Å². The Morgan fingerprint density at radius 1 is 1.14 bits per heavy atom. The van der Waals surface area contributed by atoms with Crippen LogP contribution in [0.2, 0.25) is 0 Å². The summed E-state index contributed by atoms with van der Waals surface area (Å²) in [5.41, 5.74) is 3.39. The topological polar surface area (TPSA) is 73.9 Å². The van der Waals surface area contributed by atoms with Gasteiger partial charge in [0.2, 0.25) is 5.91 Å². The molecule has 0 spiro atoms. The Hall–Kier alpha value is -3.58. The first-order valence-corrected chi connectivity index (χ1v) is 13.0. The smallest absolute Gasteiger partial charge is 0.341 e. The van der Waals surface area contributed by atoms with E-state index in [2.05, 4.69) is 12.2 Å². The summed E-state index contributed by atoms with van der Waals surface area (Å²) in [5, 5.41) is 3.47. The second kappa shape index (κ2) is 11.9. The van der Waals surface area contributed by atoms with Gasteiger partial charge in [0.05, 0.1) is 19.3 Å². The van der Waals surface area contributed by atoms with Gasteiger partial charge in [-0.15, -0.1) is 11.3 Å². The van der Waals surface area contributed by atoms with Crippen molar-refractivity contribution in [3.63, 3.8) is 0 Å². The van der Waals surface area contributed by atoms with Gasteiger partial charge in [0.25, 0.3) is 0 Å². The van der Waals surface area contributed by atoms with Crippen molar-refractivity contribution in [2.75, 3.05) is 19.0 Å². The van der Waals surface area contributed by atoms with E-state index < -0.39 is 0 Å². The van der Waals surface area contributed by atoms with Crippen molar-refractivity contribution < 1.29 is 23.8 Å². The number of methoxy groups -OCH3 is 1. The Balaban J connectivity index is 1.47. The van der Waals surface area contributed by atoms with Gasteiger partial charge in [0, 0.05) is 11.0 Å². The summed E-state index contributed by atoms with van der Waals surface area (Å²) >= 11 is 1.48. The number of aryl methyl sites for hydroxylation is 1. The van der Waals surface area contributed by atoms with Crippen LogP contribution in [-0.2, 0) is 22.6 Å². The van der Waals surface area contributed by atoms with E-state index in [1.165, 1.54) is 17.4 Å². The third-order valence-corrected chi connectivity index (χ3v) is 7.30. The predicted molar refractivity (Wildman–Crippen MR) is 143 cm³/mol. The second-order valence-corrected chi connectivity index (χ2v) is 9.77. The molecule has 188 valence electrons. The zero-order valence-corrected chi connectivity index (χ0v) is 21.7. The fourth-order valence-corrected chi connectivity index (χ4v) is 5.73. The standard InChI is InChI=1S/C29H31NO5S/c1-4-34-29(32)27-26-19(2)9-8-12-24(26)36-28(27)30-25(31)16-14-20-13-15-22(23(17-20)33-3)35-18-21-10-6-5-7-11-21/h5-7,10-11,13-17,19H,4,8-9,12,18H2,1-3H3,(H,30,31)/b16-14+. The van der Waals surface area contributed by atoms with E-state index >= 15 is 0 Å². The molecule has 1 aliphatic rings. The number of rotatable bonds is 9. The molecule has 1 unspecified atom stereocenters. The van der Waals surface area contributed by atoms with Gasteiger partial charge >= 0.3 is 5.97 Å². The van der Waals surface area contributed by atoms with E-state index in [1.54, 1.807) is 20.1 Å². The highest BCUT2D eigenvalue weighted by Gasteiger charge is 2.30. The average molecular weight is 506 g/mol. The van der Waals surface area contributed by atoms with Gasteiger partial charge in [-0.2, -0.15) is 0 Å². The van der Waals surface area contributed by atoms with Gasteiger partial charge in [-0.1, -0.05) is 43.3 Å². The van der Waals surface area contributed by atoms with Gasteiger partial charge in [0.1, 0.15) is 11.6 Å². The Morgan fingerprint density at radius 2 is 1.94 bits per heavy atom. The fraction of sp³-hybridized carbons (Fsp3) is 0.310. The van der Waals surface area contributed by atoms with Gasteiger partial charge in [-0.3, -0.25) is 4.79 Å². The number of hydrogen-bond acceptors (Lipinski definition) is 6. The highest BCUT2D eigenvalue weighted by Crippen LogP contribution is 2.43. The molecule has 1 aliphatic carbocycles. The van der Waals surface area contributed by atoms with Crippen LogP contribution in [-0.4, -0.2) is 25.6 Å². The van der Waals surface area contributed by atoms with E-state index in [1.807, 2.05) is 48.5 Å². The van der Waals surface area contributed by atoms with E-state index in [-0.39, 0.29) is 24.4 Å². The minimum atomic E-state index is -0.376. The second-order valence-electron chi connectivity index (χ2n) is 8.66. The summed E-state index contributed by atoms with van der Waals surface area (Å²) in [7, 11) is 1.58. The molecular formula is C29H31NO5S. The van der Waals surface area contributed by atoms with Crippen molar-refractivity contribution in [1.29, 1.82) is 0 Å². The number of thiophene rings is 1. The third-order valence-electron chi connectivity index (χ3n) is 6.12. The molecule has 2 aromatic carbocycles. The maximum atomic E-state index is 12.8. The Bertz CT molecular complexity index is 1250. The lowest BCUT2D eigenvalue weighted by Gasteiger charge is -2.19. The molecule has 1 aromatic heterocycles. The molecule has 36 heavy (non-hydrogen) atoms. The highest BCUT2D eigenvalue weighted by molar-refractivity contribution is 7.17. The minimum Gasteiger partial charge on any atom is -0.493 e. The number of fused-ring (bicyclic) bond motifs is 1. The monoisotopic (exact) mass is 505 g/mol. The number of ether oxygens (including phenoxy) is 3. The molecule has 1 N–H and O–H groups in total. The van der Waals surface area contributed by atoms with Crippen LogP contribution in [0.4, 0.5) is 5.00 Å². The van der Waals surface area contributed by atoms with Crippen LogP contribution in [0.3, 0.4) is 0 Å². The first-order valence-electron chi connectivity index (χ1n) is 12.2. The van der Waals surface area contributed by atoms with Crippen LogP contribution in [0.15, 0.2) is 54.6 Å². The molecule has 1 heterocycles. The number of carbonyl (C=O) groups excluding carboxylic acids is 2. The van der Waals surface area contributed by atoms with Crippen LogP contribution in [0.25, 0.3) is 6.08 Å². The van der Waals surface area contributed by atoms with Gasteiger partial charge in [-0.25, -0.2) is 4.79 Å². The summed E-state index contributed by atoms with van der Waals surface area (Å²) in [5.74, 6) is 0.785. The molecule has 0 radical (unpaired) electrons. The van der Waals surface area contributed by atoms with Crippen LogP contribution < -0.4 is 14.8 Å². The zero-order chi connectivity index (χ0) is 25.5. The Labute approximate surface area is 215 Å². The van der Waals surface area contributed by atoms with Crippen molar-refractivity contribution in [2.24, 2.45) is 0 Å². The van der Waals surface area contributed by atoms with Crippen molar-refractivity contribution in [3.05, 3.63) is 81.7 Å². The SMILES string of the molecule is CCOC(=O)c1c(NC(=O)/C=C/c2ccc(OCc3ccccc3)c(OC)c2)sc2c1C(C)CCC2. The zero-order valence-electron chi connectivity index (χ0n) is 20.8. The van der Waals surface area contributed by atoms with Gasteiger partial charge < -0.3 is 19.5 Å². The Kier molecular flexibility index (Phi) is 8.44. The first kappa shape index (κ1) is 25.5. The predicted octanol–water partition coefficient (Wildman–Crippen LogP) is 6.60. The third kappa shape index (κ3) is 5.97. The number of esters is 1. The molecule has 0 bridgehead atoms. The van der Waals surface area contributed by atoms with E-state index in [4.69, 9.17) is 14.2 Å². The van der Waals surface area contributed by atoms with Crippen LogP contribution in [0.1, 0.15) is 64.5 Å². The quantitative estimate of drug-likeness (QED) is 0.262. The van der Waals surface area contributed by atoms with E-state index in [9.17, 15) is 9.59 Å². The van der Waals surface area contributed by atoms with Gasteiger partial charge in [-0.05, 0) is 67.0 Å². The first-order chi connectivity index (χ1) is 17.5. The van der Waals surface area contributed by atoms with Crippen LogP contribution in [0.5, 0.6) is 11.5 Å². The molecule has 0 aliphatic heterocycles. The summed E-state index contributed by atoms with van der Waals surface area (Å²) in [6.07, 6.45) is 6.18. The highest BCUT2D eigenvalue weighted by atomic mass is 32.1. The summed E-state index contributed by atoms with van der Waals surface area (Å²) < 4.78 is 16.7. The average Bonchev–Trinajstić information content (AvgIpc) is 3.26. The molecule has 1 amide bonds. The molecular weight excluding hydrogens is 474 g/mol. The molecule has 4 rings (SSSR count). The molecule has 0 fully saturated rings. The van der Waals surface area contributed by atoms with Gasteiger partial charge in [0.15, 0.2) is 11.5 Å². The number of benzene rings is 2. The van der Waals surface area contributed by atoms with Crippen molar-refractivity contribution >= 4 is 34.3 Å². The normalized spacial score (nSPS) is 14.8. The maximum Gasteiger partial charge on any atom is 0.341 e. The summed E-state index contributed by atoms with van der Waals surface area (Å²) in [6, 6.07) is 15.4. The maximum absolute atomic E-state index is 12.8. The molecule has 0 saturated heterocycles. The number of carbonyl (C=O) groups is 2. The summed E-state index contributed by atoms with van der Waals surface area (Å²) in [4.78, 5) is 26.7. The lowest BCUT2D eigenvalue weighted by Crippen LogP contribution is -2.15. The molecule has 3 aromatic rings. The number of amides is 1. The molecule has 1 atom stereocenters. The molecule has 6 nitrogen and oxygen atoms in total. The molecule has 0 saturated carbocycles. The number of nitrogens with one attached hydrogen (secondary N) is 1. The van der Waals surface area contributed by atoms with Crippen LogP contribution >= 0.6 is 11.3 Å². The summed E-state index contributed by atoms with van der Waals surface area (Å²) in [6.45, 7) is 4.63. The van der Waals surface area contributed by atoms with E-state index in [0.29, 0.717) is 28.7 Å². The number of hydrogen-bond donors (Lipinski definition) is 1. The largest absolute Gasteiger partial charge is 0.493 e. The molecule has 7 heteroatoms. The van der Waals surface area contributed by atoms with Crippen molar-refractivity contribution in [3.8, 4) is 11.5 Å². The number of anilines is 1. The Morgan fingerprint density at radius 3 is 2.69 bits per heavy atom. The van der Waals surface area contributed by atoms with Crippen molar-refractivity contribution in [1.82, 2.24) is 0 Å². The minimum absolute atomic E-state index is 0.265. The van der Waals surface area contributed by atoms with Crippen molar-refractivity contribution in [2.45, 2.75) is 45.6 Å². The lowest BCUT2D eigenvalue weighted by atomic mass is 9.86. The lowest BCUT2D eigenvalue weighted by molar-refractivity contribution is -0.111. The fourth-order valence-electron chi connectivity index (χ4n) is 4.37. The van der Waals surface area contributed by atoms with Crippen LogP contribution in [0, 0.1) is 0 Å².